The fourth-order valence-electron chi connectivity index (χ4n) is 3.22. The Labute approximate surface area is 196 Å². The zero-order valence-electron chi connectivity index (χ0n) is 16.1. The molecule has 31 heavy (non-hydrogen) atoms. The van der Waals surface area contributed by atoms with Crippen LogP contribution in [-0.2, 0) is 16.2 Å². The monoisotopic (exact) mass is 545 g/mol. The van der Waals surface area contributed by atoms with Crippen LogP contribution < -0.4 is 4.74 Å². The molecule has 0 saturated carbocycles. The van der Waals surface area contributed by atoms with Crippen LogP contribution >= 0.6 is 34.4 Å². The van der Waals surface area contributed by atoms with Crippen molar-refractivity contribution in [1.82, 2.24) is 4.90 Å². The molecule has 1 aliphatic rings. The number of rotatable bonds is 6. The molecule has 1 heterocycles. The molecule has 2 amide bonds. The van der Waals surface area contributed by atoms with Gasteiger partial charge in [-0.25, -0.2) is 0 Å². The van der Waals surface area contributed by atoms with Gasteiger partial charge >= 0.3 is 5.97 Å². The van der Waals surface area contributed by atoms with Gasteiger partial charge in [0.25, 0.3) is 11.1 Å². The third kappa shape index (κ3) is 4.75. The quantitative estimate of drug-likeness (QED) is 0.341. The van der Waals surface area contributed by atoms with Gasteiger partial charge in [-0.05, 0) is 74.5 Å². The molecule has 3 aromatic rings. The van der Waals surface area contributed by atoms with Crippen LogP contribution in [0.1, 0.15) is 11.1 Å². The van der Waals surface area contributed by atoms with Crippen molar-refractivity contribution in [1.29, 1.82) is 0 Å². The van der Waals surface area contributed by atoms with Gasteiger partial charge in [0.1, 0.15) is 18.9 Å². The lowest BCUT2D eigenvalue weighted by Gasteiger charge is -2.11. The Kier molecular flexibility index (Phi) is 6.28. The van der Waals surface area contributed by atoms with Gasteiger partial charge in [0.05, 0.1) is 8.48 Å². The number of benzene rings is 3. The Morgan fingerprint density at radius 1 is 1.10 bits per heavy atom. The molecule has 0 radical (unpaired) electrons. The summed E-state index contributed by atoms with van der Waals surface area (Å²) >= 11 is 2.90. The van der Waals surface area contributed by atoms with Crippen molar-refractivity contribution < 1.29 is 24.2 Å². The summed E-state index contributed by atoms with van der Waals surface area (Å²) in [6, 6.07) is 19.7. The number of carboxylic acids is 1. The molecule has 0 aromatic heterocycles. The van der Waals surface area contributed by atoms with Gasteiger partial charge in [0.15, 0.2) is 0 Å². The number of amides is 2. The SMILES string of the molecule is O=C(O)CN1C(=O)S/C(=C/c2ccc(OCc3cccc4ccccc34)c(I)c2)C1=O. The van der Waals surface area contributed by atoms with Gasteiger partial charge in [-0.1, -0.05) is 48.5 Å². The standard InChI is InChI=1S/C23H16INO5S/c24-18-10-14(11-20-22(28)25(12-21(26)27)23(29)31-20)8-9-19(18)30-13-16-6-3-5-15-4-1-2-7-17(15)16/h1-11H,12-13H2,(H,26,27)/b20-11+. The number of hydrogen-bond acceptors (Lipinski definition) is 5. The summed E-state index contributed by atoms with van der Waals surface area (Å²) < 4.78 is 6.88. The summed E-state index contributed by atoms with van der Waals surface area (Å²) in [4.78, 5) is 36.0. The van der Waals surface area contributed by atoms with Crippen LogP contribution in [0.3, 0.4) is 0 Å². The molecule has 4 rings (SSSR count). The lowest BCUT2D eigenvalue weighted by Crippen LogP contribution is -2.33. The first-order chi connectivity index (χ1) is 14.9. The van der Waals surface area contributed by atoms with Crippen molar-refractivity contribution >= 4 is 68.3 Å². The third-order valence-electron chi connectivity index (χ3n) is 4.68. The fourth-order valence-corrected chi connectivity index (χ4v) is 4.75. The fraction of sp³-hybridized carbons (Fsp3) is 0.0870. The number of thioether (sulfide) groups is 1. The Morgan fingerprint density at radius 3 is 2.65 bits per heavy atom. The van der Waals surface area contributed by atoms with E-state index in [1.165, 1.54) is 0 Å². The van der Waals surface area contributed by atoms with Gasteiger partial charge in [0.2, 0.25) is 0 Å². The van der Waals surface area contributed by atoms with Crippen LogP contribution in [0.5, 0.6) is 5.75 Å². The second-order valence-electron chi connectivity index (χ2n) is 6.78. The zero-order valence-corrected chi connectivity index (χ0v) is 19.1. The molecule has 0 aliphatic carbocycles. The zero-order chi connectivity index (χ0) is 22.0. The van der Waals surface area contributed by atoms with Gasteiger partial charge in [0, 0.05) is 0 Å². The summed E-state index contributed by atoms with van der Waals surface area (Å²) in [5, 5.41) is 10.6. The highest BCUT2D eigenvalue weighted by molar-refractivity contribution is 14.1. The number of hydrogen-bond donors (Lipinski definition) is 1. The minimum Gasteiger partial charge on any atom is -0.488 e. The second-order valence-corrected chi connectivity index (χ2v) is 8.93. The number of imide groups is 1. The van der Waals surface area contributed by atoms with E-state index in [0.29, 0.717) is 12.4 Å². The van der Waals surface area contributed by atoms with Gasteiger partial charge in [-0.3, -0.25) is 19.3 Å². The molecule has 1 N–H and O–H groups in total. The van der Waals surface area contributed by atoms with Crippen molar-refractivity contribution in [2.45, 2.75) is 6.61 Å². The molecule has 3 aromatic carbocycles. The number of carbonyl (C=O) groups excluding carboxylic acids is 2. The van der Waals surface area contributed by atoms with E-state index in [-0.39, 0.29) is 4.91 Å². The average molecular weight is 545 g/mol. The summed E-state index contributed by atoms with van der Waals surface area (Å²) in [5.41, 5.74) is 1.81. The normalized spacial score (nSPS) is 15.1. The van der Waals surface area contributed by atoms with Crippen molar-refractivity contribution in [3.63, 3.8) is 0 Å². The number of nitrogens with zero attached hydrogens (tertiary/aromatic N) is 1. The molecule has 0 unspecified atom stereocenters. The first kappa shape index (κ1) is 21.4. The van der Waals surface area contributed by atoms with E-state index in [1.807, 2.05) is 36.4 Å². The number of aliphatic carboxylic acids is 1. The molecular weight excluding hydrogens is 529 g/mol. The first-order valence-electron chi connectivity index (χ1n) is 9.28. The number of fused-ring (bicyclic) bond motifs is 1. The third-order valence-corrected chi connectivity index (χ3v) is 6.43. The van der Waals surface area contributed by atoms with Crippen molar-refractivity contribution in [3.8, 4) is 5.75 Å². The predicted molar refractivity (Wildman–Crippen MR) is 128 cm³/mol. The molecule has 156 valence electrons. The lowest BCUT2D eigenvalue weighted by molar-refractivity contribution is -0.140. The Hall–Kier alpha value is -2.85. The molecule has 0 spiro atoms. The molecule has 1 fully saturated rings. The van der Waals surface area contributed by atoms with Crippen LogP contribution in [0.4, 0.5) is 4.79 Å². The van der Waals surface area contributed by atoms with Crippen LogP contribution in [0.15, 0.2) is 65.6 Å². The largest absolute Gasteiger partial charge is 0.488 e. The smallest absolute Gasteiger partial charge is 0.323 e. The summed E-state index contributed by atoms with van der Waals surface area (Å²) in [6.07, 6.45) is 1.59. The van der Waals surface area contributed by atoms with Gasteiger partial charge in [-0.15, -0.1) is 0 Å². The van der Waals surface area contributed by atoms with Crippen molar-refractivity contribution in [3.05, 3.63) is 80.3 Å². The number of ether oxygens (including phenoxy) is 1. The van der Waals surface area contributed by atoms with Crippen LogP contribution in [0, 0.1) is 3.57 Å². The maximum Gasteiger partial charge on any atom is 0.323 e. The number of halogens is 1. The lowest BCUT2D eigenvalue weighted by atomic mass is 10.1. The summed E-state index contributed by atoms with van der Waals surface area (Å²) in [5.74, 6) is -1.11. The highest BCUT2D eigenvalue weighted by Crippen LogP contribution is 2.33. The Balaban J connectivity index is 1.50. The Morgan fingerprint density at radius 2 is 1.87 bits per heavy atom. The second kappa shape index (κ2) is 9.11. The van der Waals surface area contributed by atoms with Crippen LogP contribution in [-0.4, -0.2) is 33.7 Å². The molecule has 6 nitrogen and oxygen atoms in total. The van der Waals surface area contributed by atoms with E-state index >= 15 is 0 Å². The molecule has 8 heteroatoms. The maximum atomic E-state index is 12.3. The van der Waals surface area contributed by atoms with Crippen molar-refractivity contribution in [2.24, 2.45) is 0 Å². The Bertz CT molecular complexity index is 1230. The predicted octanol–water partition coefficient (Wildman–Crippen LogP) is 5.14. The van der Waals surface area contributed by atoms with Gasteiger partial charge in [-0.2, -0.15) is 0 Å². The minimum atomic E-state index is -1.23. The summed E-state index contributed by atoms with van der Waals surface area (Å²) in [7, 11) is 0. The first-order valence-corrected chi connectivity index (χ1v) is 11.2. The average Bonchev–Trinajstić information content (AvgIpc) is 3.00. The highest BCUT2D eigenvalue weighted by atomic mass is 127. The maximum absolute atomic E-state index is 12.3. The highest BCUT2D eigenvalue weighted by Gasteiger charge is 2.36. The van der Waals surface area contributed by atoms with Gasteiger partial charge < -0.3 is 9.84 Å². The molecule has 1 aliphatic heterocycles. The van der Waals surface area contributed by atoms with Crippen molar-refractivity contribution in [2.75, 3.05) is 6.54 Å². The van der Waals surface area contributed by atoms with E-state index in [0.717, 1.165) is 42.1 Å². The molecule has 0 bridgehead atoms. The van der Waals surface area contributed by atoms with E-state index in [1.54, 1.807) is 12.1 Å². The van der Waals surface area contributed by atoms with E-state index < -0.39 is 23.7 Å². The minimum absolute atomic E-state index is 0.200. The van der Waals surface area contributed by atoms with E-state index in [4.69, 9.17) is 9.84 Å². The van der Waals surface area contributed by atoms with Crippen LogP contribution in [0.25, 0.3) is 16.8 Å². The topological polar surface area (TPSA) is 83.9 Å². The molecule has 0 atom stereocenters. The van der Waals surface area contributed by atoms with E-state index in [2.05, 4.69) is 40.8 Å². The number of carbonyl (C=O) groups is 3. The van der Waals surface area contributed by atoms with Crippen LogP contribution in [0.2, 0.25) is 0 Å². The number of carboxylic acid groups (broad SMARTS) is 1. The molecule has 1 saturated heterocycles. The van der Waals surface area contributed by atoms with E-state index in [9.17, 15) is 14.4 Å². The summed E-state index contributed by atoms with van der Waals surface area (Å²) in [6.45, 7) is -0.217. The molecular formula is C23H16INO5S.